The van der Waals surface area contributed by atoms with Crippen molar-refractivity contribution in [3.63, 3.8) is 0 Å². The molecule has 0 aliphatic heterocycles. The van der Waals surface area contributed by atoms with E-state index < -0.39 is 0 Å². The van der Waals surface area contributed by atoms with Gasteiger partial charge in [0.2, 0.25) is 0 Å². The summed E-state index contributed by atoms with van der Waals surface area (Å²) < 4.78 is 1.24. The van der Waals surface area contributed by atoms with Gasteiger partial charge in [0.05, 0.1) is 10.2 Å². The van der Waals surface area contributed by atoms with Crippen LogP contribution in [0.15, 0.2) is 42.5 Å². The number of aromatic nitrogens is 1. The fraction of sp³-hybridized carbons (Fsp3) is 0.188. The molecule has 1 heterocycles. The molecule has 3 rings (SSSR count). The minimum atomic E-state index is 0.668. The monoisotopic (exact) mass is 268 g/mol. The summed E-state index contributed by atoms with van der Waals surface area (Å²) in [6, 6.07) is 14.8. The Hall–Kier alpha value is -1.71. The van der Waals surface area contributed by atoms with Crippen LogP contribution in [0.1, 0.15) is 11.1 Å². The fourth-order valence-corrected chi connectivity index (χ4v) is 3.26. The first kappa shape index (κ1) is 12.3. The molecule has 2 nitrogen and oxygen atoms in total. The van der Waals surface area contributed by atoms with Crippen molar-refractivity contribution >= 4 is 21.6 Å². The van der Waals surface area contributed by atoms with E-state index >= 15 is 0 Å². The van der Waals surface area contributed by atoms with Gasteiger partial charge in [-0.05, 0) is 43.1 Å². The smallest absolute Gasteiger partial charge is 0.124 e. The third kappa shape index (κ3) is 2.39. The van der Waals surface area contributed by atoms with Gasteiger partial charge in [-0.1, -0.05) is 30.3 Å². The molecule has 0 aliphatic carbocycles. The van der Waals surface area contributed by atoms with Gasteiger partial charge < -0.3 is 5.73 Å². The van der Waals surface area contributed by atoms with Crippen molar-refractivity contribution in [2.75, 3.05) is 6.54 Å². The molecule has 0 spiro atoms. The van der Waals surface area contributed by atoms with Crippen LogP contribution >= 0.6 is 11.3 Å². The molecule has 1 aromatic heterocycles. The van der Waals surface area contributed by atoms with Gasteiger partial charge in [0.15, 0.2) is 0 Å². The number of thiazole rings is 1. The molecule has 0 saturated carbocycles. The Morgan fingerprint density at radius 2 is 2.00 bits per heavy atom. The zero-order valence-corrected chi connectivity index (χ0v) is 11.7. The Morgan fingerprint density at radius 1 is 1.16 bits per heavy atom. The molecule has 0 bridgehead atoms. The van der Waals surface area contributed by atoms with Crippen LogP contribution in [0, 0.1) is 6.92 Å². The van der Waals surface area contributed by atoms with E-state index in [1.165, 1.54) is 21.4 Å². The minimum Gasteiger partial charge on any atom is -0.330 e. The summed E-state index contributed by atoms with van der Waals surface area (Å²) in [7, 11) is 0. The quantitative estimate of drug-likeness (QED) is 0.785. The van der Waals surface area contributed by atoms with Gasteiger partial charge in [0.1, 0.15) is 5.01 Å². The first-order valence-corrected chi connectivity index (χ1v) is 7.25. The highest BCUT2D eigenvalue weighted by molar-refractivity contribution is 7.21. The molecule has 0 aliphatic rings. The summed E-state index contributed by atoms with van der Waals surface area (Å²) in [6.45, 7) is 2.77. The predicted molar refractivity (Wildman–Crippen MR) is 82.6 cm³/mol. The van der Waals surface area contributed by atoms with Crippen LogP contribution in [0.5, 0.6) is 0 Å². The van der Waals surface area contributed by atoms with Gasteiger partial charge in [-0.15, -0.1) is 11.3 Å². The van der Waals surface area contributed by atoms with E-state index in [-0.39, 0.29) is 0 Å². The molecule has 96 valence electrons. The summed E-state index contributed by atoms with van der Waals surface area (Å²) in [4.78, 5) is 4.76. The number of aryl methyl sites for hydroxylation is 1. The Balaban J connectivity index is 2.13. The third-order valence-electron chi connectivity index (χ3n) is 3.20. The van der Waals surface area contributed by atoms with Crippen molar-refractivity contribution < 1.29 is 0 Å². The van der Waals surface area contributed by atoms with Crippen molar-refractivity contribution in [1.82, 2.24) is 4.98 Å². The minimum absolute atomic E-state index is 0.668. The molecule has 2 N–H and O–H groups in total. The molecule has 0 radical (unpaired) electrons. The lowest BCUT2D eigenvalue weighted by Gasteiger charge is -2.04. The van der Waals surface area contributed by atoms with Gasteiger partial charge >= 0.3 is 0 Å². The number of nitrogens with zero attached hydrogens (tertiary/aromatic N) is 1. The number of fused-ring (bicyclic) bond motifs is 1. The largest absolute Gasteiger partial charge is 0.330 e. The summed E-state index contributed by atoms with van der Waals surface area (Å²) in [5.41, 5.74) is 10.5. The van der Waals surface area contributed by atoms with Crippen LogP contribution in [0.3, 0.4) is 0 Å². The first-order valence-electron chi connectivity index (χ1n) is 6.43. The molecule has 3 aromatic rings. The van der Waals surface area contributed by atoms with Crippen molar-refractivity contribution in [3.8, 4) is 10.6 Å². The van der Waals surface area contributed by atoms with E-state index in [4.69, 9.17) is 10.7 Å². The standard InChI is InChI=1S/C16H16N2S/c1-11-6-7-15-14(10-11)18-16(19-15)13-5-3-2-4-12(13)8-9-17/h2-7,10H,8-9,17H2,1H3. The lowest BCUT2D eigenvalue weighted by Crippen LogP contribution is -2.03. The highest BCUT2D eigenvalue weighted by Gasteiger charge is 2.09. The van der Waals surface area contributed by atoms with Crippen LogP contribution in [-0.4, -0.2) is 11.5 Å². The maximum Gasteiger partial charge on any atom is 0.124 e. The van der Waals surface area contributed by atoms with Gasteiger partial charge in [-0.3, -0.25) is 0 Å². The molecule has 0 amide bonds. The lowest BCUT2D eigenvalue weighted by atomic mass is 10.1. The van der Waals surface area contributed by atoms with Crippen molar-refractivity contribution in [2.24, 2.45) is 5.73 Å². The molecule has 0 unspecified atom stereocenters. The van der Waals surface area contributed by atoms with Crippen LogP contribution < -0.4 is 5.73 Å². The van der Waals surface area contributed by atoms with Crippen LogP contribution in [-0.2, 0) is 6.42 Å². The number of rotatable bonds is 3. The second kappa shape index (κ2) is 5.11. The zero-order valence-electron chi connectivity index (χ0n) is 10.9. The fourth-order valence-electron chi connectivity index (χ4n) is 2.26. The Labute approximate surface area is 116 Å². The lowest BCUT2D eigenvalue weighted by molar-refractivity contribution is 0.970. The maximum absolute atomic E-state index is 5.69. The molecule has 0 fully saturated rings. The van der Waals surface area contributed by atoms with Crippen molar-refractivity contribution in [2.45, 2.75) is 13.3 Å². The predicted octanol–water partition coefficient (Wildman–Crippen LogP) is 3.77. The Kier molecular flexibility index (Phi) is 3.32. The first-order chi connectivity index (χ1) is 9.28. The molecular formula is C16H16N2S. The highest BCUT2D eigenvalue weighted by atomic mass is 32.1. The average molecular weight is 268 g/mol. The van der Waals surface area contributed by atoms with E-state index in [9.17, 15) is 0 Å². The van der Waals surface area contributed by atoms with E-state index in [0.717, 1.165) is 16.9 Å². The second-order valence-corrected chi connectivity index (χ2v) is 5.72. The van der Waals surface area contributed by atoms with Crippen molar-refractivity contribution in [3.05, 3.63) is 53.6 Å². The van der Waals surface area contributed by atoms with Gasteiger partial charge in [0.25, 0.3) is 0 Å². The summed E-state index contributed by atoms with van der Waals surface area (Å²) in [6.07, 6.45) is 0.894. The SMILES string of the molecule is Cc1ccc2sc(-c3ccccc3CCN)nc2c1. The molecule has 0 saturated heterocycles. The molecule has 2 aromatic carbocycles. The number of hydrogen-bond donors (Lipinski definition) is 1. The number of hydrogen-bond acceptors (Lipinski definition) is 3. The van der Waals surface area contributed by atoms with Crippen molar-refractivity contribution in [1.29, 1.82) is 0 Å². The zero-order chi connectivity index (χ0) is 13.2. The van der Waals surface area contributed by atoms with Crippen LogP contribution in [0.2, 0.25) is 0 Å². The van der Waals surface area contributed by atoms with Crippen LogP contribution in [0.25, 0.3) is 20.8 Å². The Morgan fingerprint density at radius 3 is 2.84 bits per heavy atom. The van der Waals surface area contributed by atoms with E-state index in [1.807, 2.05) is 0 Å². The summed E-state index contributed by atoms with van der Waals surface area (Å²) >= 11 is 1.75. The third-order valence-corrected chi connectivity index (χ3v) is 4.27. The Bertz CT molecular complexity index is 716. The van der Waals surface area contributed by atoms with Gasteiger partial charge in [0, 0.05) is 5.56 Å². The molecular weight excluding hydrogens is 252 g/mol. The molecule has 0 atom stereocenters. The van der Waals surface area contributed by atoms with Gasteiger partial charge in [-0.2, -0.15) is 0 Å². The second-order valence-electron chi connectivity index (χ2n) is 4.69. The number of benzene rings is 2. The summed E-state index contributed by atoms with van der Waals surface area (Å²) in [5, 5.41) is 1.09. The van der Waals surface area contributed by atoms with E-state index in [2.05, 4.69) is 49.4 Å². The summed E-state index contributed by atoms with van der Waals surface area (Å²) in [5.74, 6) is 0. The van der Waals surface area contributed by atoms with E-state index in [0.29, 0.717) is 6.54 Å². The molecule has 3 heteroatoms. The van der Waals surface area contributed by atoms with Gasteiger partial charge in [-0.25, -0.2) is 4.98 Å². The van der Waals surface area contributed by atoms with E-state index in [1.54, 1.807) is 11.3 Å². The number of nitrogens with two attached hydrogens (primary N) is 1. The average Bonchev–Trinajstić information content (AvgIpc) is 2.82. The normalized spacial score (nSPS) is 11.1. The molecule has 19 heavy (non-hydrogen) atoms. The highest BCUT2D eigenvalue weighted by Crippen LogP contribution is 2.32. The maximum atomic E-state index is 5.69. The van der Waals surface area contributed by atoms with Crippen LogP contribution in [0.4, 0.5) is 0 Å². The topological polar surface area (TPSA) is 38.9 Å².